The number of rotatable bonds is 7. The number of aromatic hydroxyl groups is 2. The highest BCUT2D eigenvalue weighted by Crippen LogP contribution is 2.44. The number of aliphatic hydroxyl groups excluding tert-OH is 1. The van der Waals surface area contributed by atoms with Gasteiger partial charge in [0.1, 0.15) is 28.6 Å². The first kappa shape index (κ1) is 29.7. The number of amides is 1. The van der Waals surface area contributed by atoms with Gasteiger partial charge in [-0.1, -0.05) is 24.3 Å². The molecule has 0 fully saturated rings. The molecule has 0 bridgehead atoms. The van der Waals surface area contributed by atoms with Gasteiger partial charge in [0.2, 0.25) is 5.91 Å². The second-order valence-corrected chi connectivity index (χ2v) is 9.67. The Kier molecular flexibility index (Phi) is 10.9. The van der Waals surface area contributed by atoms with Gasteiger partial charge in [-0.15, -0.1) is 0 Å². The number of hydrogen-bond acceptors (Lipinski definition) is 8. The van der Waals surface area contributed by atoms with Gasteiger partial charge in [-0.2, -0.15) is 0 Å². The Morgan fingerprint density at radius 2 is 1.87 bits per heavy atom. The summed E-state index contributed by atoms with van der Waals surface area (Å²) in [6.07, 6.45) is 5.95. The second kappa shape index (κ2) is 14.3. The van der Waals surface area contributed by atoms with Gasteiger partial charge in [-0.05, 0) is 61.9 Å². The van der Waals surface area contributed by atoms with Crippen molar-refractivity contribution >= 4 is 23.7 Å². The van der Waals surface area contributed by atoms with Crippen LogP contribution in [0.15, 0.2) is 36.4 Å². The van der Waals surface area contributed by atoms with Crippen molar-refractivity contribution in [1.82, 2.24) is 5.32 Å². The molecule has 0 radical (unpaired) electrons. The molecule has 2 aromatic carbocycles. The summed E-state index contributed by atoms with van der Waals surface area (Å²) in [4.78, 5) is 38.1. The van der Waals surface area contributed by atoms with E-state index in [1.54, 1.807) is 43.3 Å². The number of Topliss-reactive ketones (excluding diaryl/α,β-unsaturated/α-hetero) is 1. The van der Waals surface area contributed by atoms with Crippen LogP contribution < -0.4 is 10.1 Å². The highest BCUT2D eigenvalue weighted by atomic mass is 16.5. The third-order valence-electron chi connectivity index (χ3n) is 6.74. The second-order valence-electron chi connectivity index (χ2n) is 9.67. The summed E-state index contributed by atoms with van der Waals surface area (Å²) in [5.41, 5.74) is 0.784. The molecule has 0 aromatic heterocycles. The zero-order valence-electron chi connectivity index (χ0n) is 22.4. The number of carbonyl (C=O) groups excluding carboxylic acids is 3. The first-order valence-corrected chi connectivity index (χ1v) is 13.2. The molecule has 1 aliphatic heterocycles. The number of fused-ring (bicyclic) bond motifs is 1. The van der Waals surface area contributed by atoms with Crippen LogP contribution in [0.2, 0.25) is 0 Å². The highest BCUT2D eigenvalue weighted by Gasteiger charge is 2.30. The molecule has 0 saturated heterocycles. The zero-order valence-corrected chi connectivity index (χ0v) is 22.4. The number of phenolic OH excluding ortho intramolecular Hbond substituents is 2. The monoisotopic (exact) mass is 539 g/mol. The molecule has 4 N–H and O–H groups in total. The number of methoxy groups -OCH3 is 1. The average molecular weight is 540 g/mol. The molecule has 0 spiro atoms. The van der Waals surface area contributed by atoms with Gasteiger partial charge in [-0.3, -0.25) is 9.59 Å². The maximum Gasteiger partial charge on any atom is 0.342 e. The SMILES string of the molecule is COc1ccc(C(CC(=O)NCCO)c2c(O)cc3c(c2O)C(=O)O[C@@H](C)CCCC(=O)CCCC=C3)cc1. The van der Waals surface area contributed by atoms with E-state index in [1.165, 1.54) is 13.2 Å². The highest BCUT2D eigenvalue weighted by molar-refractivity contribution is 5.98. The summed E-state index contributed by atoms with van der Waals surface area (Å²) in [7, 11) is 1.53. The fraction of sp³-hybridized carbons (Fsp3) is 0.433. The summed E-state index contributed by atoms with van der Waals surface area (Å²) in [5, 5.41) is 34.3. The Morgan fingerprint density at radius 3 is 2.56 bits per heavy atom. The molecule has 3 rings (SSSR count). The molecule has 2 aromatic rings. The third-order valence-corrected chi connectivity index (χ3v) is 6.74. The Balaban J connectivity index is 2.12. The van der Waals surface area contributed by atoms with Crippen LogP contribution in [0.3, 0.4) is 0 Å². The zero-order chi connectivity index (χ0) is 28.4. The van der Waals surface area contributed by atoms with Crippen LogP contribution in [0.25, 0.3) is 6.08 Å². The van der Waals surface area contributed by atoms with Gasteiger partial charge >= 0.3 is 5.97 Å². The predicted octanol–water partition coefficient (Wildman–Crippen LogP) is 4.22. The van der Waals surface area contributed by atoms with Crippen LogP contribution in [0.5, 0.6) is 17.2 Å². The van der Waals surface area contributed by atoms with Crippen LogP contribution in [0, 0.1) is 0 Å². The van der Waals surface area contributed by atoms with Crippen molar-refractivity contribution in [2.75, 3.05) is 20.3 Å². The van der Waals surface area contributed by atoms with Crippen LogP contribution in [-0.2, 0) is 14.3 Å². The standard InChI is InChI=1S/C30H37NO8/c1-19-7-6-10-22(33)9-5-3-4-8-21-17-25(34)28(29(36)27(21)30(37)39-19)24(18-26(35)31-15-16-32)20-11-13-23(38-2)14-12-20/h4,8,11-14,17,19,24,32,34,36H,3,5-7,9-10,15-16,18H2,1-2H3,(H,31,35)/t19-,24?/m0/s1. The lowest BCUT2D eigenvalue weighted by Gasteiger charge is -2.23. The van der Waals surface area contributed by atoms with Crippen molar-refractivity contribution in [2.24, 2.45) is 0 Å². The first-order chi connectivity index (χ1) is 18.7. The van der Waals surface area contributed by atoms with E-state index in [9.17, 15) is 24.6 Å². The van der Waals surface area contributed by atoms with Gasteiger partial charge < -0.3 is 30.1 Å². The van der Waals surface area contributed by atoms with E-state index >= 15 is 0 Å². The van der Waals surface area contributed by atoms with Crippen LogP contribution in [0.1, 0.15) is 84.8 Å². The lowest BCUT2D eigenvalue weighted by molar-refractivity contribution is -0.121. The van der Waals surface area contributed by atoms with E-state index in [4.69, 9.17) is 14.6 Å². The molecular formula is C30H37NO8. The molecule has 1 amide bonds. The molecule has 1 heterocycles. The maximum atomic E-state index is 13.4. The van der Waals surface area contributed by atoms with Gasteiger partial charge in [-0.25, -0.2) is 4.79 Å². The Hall–Kier alpha value is -3.85. The van der Waals surface area contributed by atoms with Gasteiger partial charge in [0.05, 0.1) is 19.8 Å². The third kappa shape index (κ3) is 8.07. The van der Waals surface area contributed by atoms with Crippen molar-refractivity contribution in [1.29, 1.82) is 0 Å². The number of carbonyl (C=O) groups is 3. The molecule has 9 heteroatoms. The Bertz CT molecular complexity index is 1190. The Labute approximate surface area is 228 Å². The summed E-state index contributed by atoms with van der Waals surface area (Å²) in [6, 6.07) is 8.21. The number of allylic oxidation sites excluding steroid dienone is 1. The maximum absolute atomic E-state index is 13.4. The van der Waals surface area contributed by atoms with Crippen LogP contribution >= 0.6 is 0 Å². The minimum Gasteiger partial charge on any atom is -0.507 e. The number of nitrogens with one attached hydrogen (secondary N) is 1. The molecule has 0 saturated carbocycles. The number of ketones is 1. The average Bonchev–Trinajstić information content (AvgIpc) is 2.90. The summed E-state index contributed by atoms with van der Waals surface area (Å²) >= 11 is 0. The molecular weight excluding hydrogens is 502 g/mol. The fourth-order valence-electron chi connectivity index (χ4n) is 4.69. The Morgan fingerprint density at radius 1 is 1.15 bits per heavy atom. The van der Waals surface area contributed by atoms with Gasteiger partial charge in [0.15, 0.2) is 0 Å². The summed E-state index contributed by atoms with van der Waals surface area (Å²) in [6.45, 7) is 1.55. The number of esters is 1. The predicted molar refractivity (Wildman–Crippen MR) is 146 cm³/mol. The van der Waals surface area contributed by atoms with E-state index in [2.05, 4.69) is 5.32 Å². The van der Waals surface area contributed by atoms with E-state index in [0.29, 0.717) is 49.8 Å². The number of phenols is 2. The summed E-state index contributed by atoms with van der Waals surface area (Å²) in [5.74, 6) is -1.99. The van der Waals surface area contributed by atoms with Crippen molar-refractivity contribution < 1.29 is 39.2 Å². The minimum atomic E-state index is -0.826. The number of hydrogen-bond donors (Lipinski definition) is 4. The lowest BCUT2D eigenvalue weighted by atomic mass is 9.84. The molecule has 0 aliphatic carbocycles. The topological polar surface area (TPSA) is 142 Å². The normalized spacial score (nSPS) is 17.5. The van der Waals surface area contributed by atoms with Crippen molar-refractivity contribution in [3.8, 4) is 17.2 Å². The molecule has 1 unspecified atom stereocenters. The number of benzene rings is 2. The van der Waals surface area contributed by atoms with Gasteiger partial charge in [0.25, 0.3) is 0 Å². The van der Waals surface area contributed by atoms with E-state index in [0.717, 1.165) is 0 Å². The molecule has 2 atom stereocenters. The van der Waals surface area contributed by atoms with E-state index in [-0.39, 0.29) is 47.8 Å². The number of cyclic esters (lactones) is 1. The molecule has 39 heavy (non-hydrogen) atoms. The largest absolute Gasteiger partial charge is 0.507 e. The number of ether oxygens (including phenoxy) is 2. The minimum absolute atomic E-state index is 0.0165. The quantitative estimate of drug-likeness (QED) is 0.383. The van der Waals surface area contributed by atoms with Crippen molar-refractivity contribution in [3.63, 3.8) is 0 Å². The van der Waals surface area contributed by atoms with Gasteiger partial charge in [0, 0.05) is 37.3 Å². The lowest BCUT2D eigenvalue weighted by Crippen LogP contribution is -2.28. The van der Waals surface area contributed by atoms with E-state index < -0.39 is 29.6 Å². The fourth-order valence-corrected chi connectivity index (χ4v) is 4.69. The van der Waals surface area contributed by atoms with E-state index in [1.807, 2.05) is 0 Å². The van der Waals surface area contributed by atoms with Crippen molar-refractivity contribution in [2.45, 2.75) is 63.9 Å². The molecule has 1 aliphatic rings. The molecule has 9 nitrogen and oxygen atoms in total. The summed E-state index contributed by atoms with van der Waals surface area (Å²) < 4.78 is 10.9. The van der Waals surface area contributed by atoms with Crippen LogP contribution in [0.4, 0.5) is 0 Å². The molecule has 210 valence electrons. The van der Waals surface area contributed by atoms with Crippen molar-refractivity contribution in [3.05, 3.63) is 58.7 Å². The smallest absolute Gasteiger partial charge is 0.342 e. The first-order valence-electron chi connectivity index (χ1n) is 13.2. The number of aliphatic hydroxyl groups is 1. The van der Waals surface area contributed by atoms with Crippen LogP contribution in [-0.4, -0.2) is 59.3 Å².